The van der Waals surface area contributed by atoms with Gasteiger partial charge < -0.3 is 9.73 Å². The molecule has 1 N–H and O–H groups in total. The number of nitrogens with one attached hydrogen (secondary N) is 1. The minimum absolute atomic E-state index is 0.0357. The summed E-state index contributed by atoms with van der Waals surface area (Å²) in [5.41, 5.74) is 4.91. The number of furan rings is 1. The lowest BCUT2D eigenvalue weighted by Gasteiger charge is -2.14. The number of anilines is 1. The van der Waals surface area contributed by atoms with Crippen molar-refractivity contribution in [3.63, 3.8) is 0 Å². The highest BCUT2D eigenvalue weighted by Gasteiger charge is 2.17. The molecular formula is C23H23N5O2. The first-order chi connectivity index (χ1) is 14.7. The number of hydrogen-bond donors (Lipinski definition) is 1. The summed E-state index contributed by atoms with van der Waals surface area (Å²) in [6, 6.07) is 11.5. The molecule has 0 bridgehead atoms. The quantitative estimate of drug-likeness (QED) is 0.543. The fourth-order valence-electron chi connectivity index (χ4n) is 3.93. The molecule has 7 nitrogen and oxygen atoms in total. The van der Waals surface area contributed by atoms with Gasteiger partial charge in [-0.3, -0.25) is 9.20 Å². The van der Waals surface area contributed by atoms with Crippen molar-refractivity contribution in [1.82, 2.24) is 19.6 Å². The second kappa shape index (κ2) is 7.74. The van der Waals surface area contributed by atoms with Gasteiger partial charge in [0, 0.05) is 36.0 Å². The van der Waals surface area contributed by atoms with Gasteiger partial charge >= 0.3 is 0 Å². The molecule has 3 aromatic heterocycles. The normalized spacial score (nSPS) is 13.4. The largest absolute Gasteiger partial charge is 0.466 e. The topological polar surface area (TPSA) is 85.3 Å². The van der Waals surface area contributed by atoms with Crippen molar-refractivity contribution in [3.8, 4) is 11.3 Å². The number of carbonyl (C=O) groups is 1. The SMILES string of the molecule is Cc1ccc(CCC(=O)Nc2ccc(-c3cn4c5c(nnc4n3)CCCC5)cc2)o1. The summed E-state index contributed by atoms with van der Waals surface area (Å²) in [6.07, 6.45) is 7.35. The van der Waals surface area contributed by atoms with E-state index in [-0.39, 0.29) is 5.91 Å². The van der Waals surface area contributed by atoms with E-state index in [9.17, 15) is 4.79 Å². The van der Waals surface area contributed by atoms with Gasteiger partial charge in [0.2, 0.25) is 5.91 Å². The molecule has 0 unspecified atom stereocenters. The van der Waals surface area contributed by atoms with E-state index >= 15 is 0 Å². The van der Waals surface area contributed by atoms with Crippen molar-refractivity contribution in [1.29, 1.82) is 0 Å². The molecule has 30 heavy (non-hydrogen) atoms. The minimum atomic E-state index is -0.0357. The van der Waals surface area contributed by atoms with Crippen LogP contribution in [0.5, 0.6) is 0 Å². The molecule has 1 aromatic carbocycles. The van der Waals surface area contributed by atoms with Gasteiger partial charge in [-0.15, -0.1) is 5.10 Å². The molecule has 152 valence electrons. The molecule has 0 aliphatic heterocycles. The van der Waals surface area contributed by atoms with Crippen molar-refractivity contribution in [2.75, 3.05) is 5.32 Å². The fraction of sp³-hybridized carbons (Fsp3) is 0.304. The molecule has 3 heterocycles. The molecule has 0 fully saturated rings. The zero-order chi connectivity index (χ0) is 20.5. The van der Waals surface area contributed by atoms with Gasteiger partial charge in [-0.2, -0.15) is 5.10 Å². The Morgan fingerprint density at radius 1 is 1.10 bits per heavy atom. The maximum atomic E-state index is 12.2. The maximum Gasteiger partial charge on any atom is 0.254 e. The maximum absolute atomic E-state index is 12.2. The Bertz CT molecular complexity index is 1210. The highest BCUT2D eigenvalue weighted by atomic mass is 16.3. The predicted octanol–water partition coefficient (Wildman–Crippen LogP) is 4.14. The number of nitrogens with zero attached hydrogens (tertiary/aromatic N) is 4. The van der Waals surface area contributed by atoms with E-state index in [0.29, 0.717) is 18.6 Å². The van der Waals surface area contributed by atoms with Gasteiger partial charge in [0.15, 0.2) is 0 Å². The van der Waals surface area contributed by atoms with E-state index in [4.69, 9.17) is 4.42 Å². The zero-order valence-electron chi connectivity index (χ0n) is 16.9. The molecule has 0 saturated carbocycles. The Labute approximate surface area is 174 Å². The summed E-state index contributed by atoms with van der Waals surface area (Å²) >= 11 is 0. The van der Waals surface area contributed by atoms with E-state index < -0.39 is 0 Å². The number of hydrogen-bond acceptors (Lipinski definition) is 5. The van der Waals surface area contributed by atoms with E-state index in [2.05, 4.69) is 24.9 Å². The van der Waals surface area contributed by atoms with Crippen molar-refractivity contribution in [2.45, 2.75) is 45.4 Å². The summed E-state index contributed by atoms with van der Waals surface area (Å²) in [4.78, 5) is 16.9. The number of amides is 1. The lowest BCUT2D eigenvalue weighted by molar-refractivity contribution is -0.116. The van der Waals surface area contributed by atoms with Crippen LogP contribution in [0.2, 0.25) is 0 Å². The first kappa shape index (κ1) is 18.5. The Morgan fingerprint density at radius 2 is 1.93 bits per heavy atom. The molecule has 0 atom stereocenters. The van der Waals surface area contributed by atoms with Crippen LogP contribution in [0.4, 0.5) is 5.69 Å². The number of aromatic nitrogens is 4. The van der Waals surface area contributed by atoms with Gasteiger partial charge in [0.05, 0.1) is 11.4 Å². The van der Waals surface area contributed by atoms with Crippen LogP contribution < -0.4 is 5.32 Å². The van der Waals surface area contributed by atoms with Crippen LogP contribution in [-0.4, -0.2) is 25.5 Å². The van der Waals surface area contributed by atoms with Crippen LogP contribution in [0, 0.1) is 6.92 Å². The summed E-state index contributed by atoms with van der Waals surface area (Å²) in [5, 5.41) is 11.6. The molecular weight excluding hydrogens is 378 g/mol. The van der Waals surface area contributed by atoms with Crippen molar-refractivity contribution < 1.29 is 9.21 Å². The van der Waals surface area contributed by atoms with Crippen LogP contribution >= 0.6 is 0 Å². The molecule has 0 saturated heterocycles. The standard InChI is InChI=1S/C23H23N5O2/c1-15-6-11-18(30-15)12-13-22(29)24-17-9-7-16(8-10-17)20-14-28-21-5-3-2-4-19(21)26-27-23(28)25-20/h6-11,14H,2-5,12-13H2,1H3,(H,24,29). The second-order valence-electron chi connectivity index (χ2n) is 7.73. The summed E-state index contributed by atoms with van der Waals surface area (Å²) in [7, 11) is 0. The summed E-state index contributed by atoms with van der Waals surface area (Å²) in [5.74, 6) is 2.29. The molecule has 0 radical (unpaired) electrons. The summed E-state index contributed by atoms with van der Waals surface area (Å²) in [6.45, 7) is 1.90. The summed E-state index contributed by atoms with van der Waals surface area (Å²) < 4.78 is 7.58. The monoisotopic (exact) mass is 401 g/mol. The van der Waals surface area contributed by atoms with E-state index in [1.165, 1.54) is 18.5 Å². The number of fused-ring (bicyclic) bond motifs is 3. The van der Waals surface area contributed by atoms with E-state index in [0.717, 1.165) is 47.0 Å². The number of carbonyl (C=O) groups excluding carboxylic acids is 1. The molecule has 1 aliphatic rings. The predicted molar refractivity (Wildman–Crippen MR) is 113 cm³/mol. The van der Waals surface area contributed by atoms with Crippen LogP contribution in [0.15, 0.2) is 47.0 Å². The van der Waals surface area contributed by atoms with Crippen LogP contribution in [-0.2, 0) is 24.1 Å². The third kappa shape index (κ3) is 3.70. The van der Waals surface area contributed by atoms with Crippen molar-refractivity contribution in [3.05, 3.63) is 65.5 Å². The van der Waals surface area contributed by atoms with Crippen LogP contribution in [0.25, 0.3) is 17.0 Å². The van der Waals surface area contributed by atoms with Crippen molar-refractivity contribution in [2.24, 2.45) is 0 Å². The van der Waals surface area contributed by atoms with Gasteiger partial charge in [0.1, 0.15) is 11.5 Å². The molecule has 1 amide bonds. The molecule has 5 rings (SSSR count). The van der Waals surface area contributed by atoms with Crippen LogP contribution in [0.1, 0.15) is 42.2 Å². The smallest absolute Gasteiger partial charge is 0.254 e. The first-order valence-corrected chi connectivity index (χ1v) is 10.3. The van der Waals surface area contributed by atoms with Gasteiger partial charge in [-0.05, 0) is 56.9 Å². The molecule has 0 spiro atoms. The Kier molecular flexibility index (Phi) is 4.78. The van der Waals surface area contributed by atoms with Gasteiger partial charge in [-0.1, -0.05) is 12.1 Å². The average Bonchev–Trinajstić information content (AvgIpc) is 3.39. The van der Waals surface area contributed by atoms with Gasteiger partial charge in [0.25, 0.3) is 5.78 Å². The average molecular weight is 401 g/mol. The highest BCUT2D eigenvalue weighted by molar-refractivity contribution is 5.91. The van der Waals surface area contributed by atoms with Crippen LogP contribution in [0.3, 0.4) is 0 Å². The first-order valence-electron chi connectivity index (χ1n) is 10.3. The van der Waals surface area contributed by atoms with Crippen molar-refractivity contribution >= 4 is 17.4 Å². The van der Waals surface area contributed by atoms with E-state index in [1.807, 2.05) is 49.5 Å². The third-order valence-corrected chi connectivity index (χ3v) is 5.51. The Morgan fingerprint density at radius 3 is 2.73 bits per heavy atom. The zero-order valence-corrected chi connectivity index (χ0v) is 16.9. The lowest BCUT2D eigenvalue weighted by atomic mass is 10.0. The fourth-order valence-corrected chi connectivity index (χ4v) is 3.93. The molecule has 4 aromatic rings. The molecule has 7 heteroatoms. The number of rotatable bonds is 5. The third-order valence-electron chi connectivity index (χ3n) is 5.51. The Hall–Kier alpha value is -3.48. The number of imidazole rings is 1. The molecule has 1 aliphatic carbocycles. The van der Waals surface area contributed by atoms with Gasteiger partial charge in [-0.25, -0.2) is 4.98 Å². The number of aryl methyl sites for hydroxylation is 4. The van der Waals surface area contributed by atoms with E-state index in [1.54, 1.807) is 0 Å². The Balaban J connectivity index is 1.28. The lowest BCUT2D eigenvalue weighted by Crippen LogP contribution is -2.12. The highest BCUT2D eigenvalue weighted by Crippen LogP contribution is 2.24. The second-order valence-corrected chi connectivity index (χ2v) is 7.73. The number of benzene rings is 1. The minimum Gasteiger partial charge on any atom is -0.466 e.